The van der Waals surface area contributed by atoms with Gasteiger partial charge < -0.3 is 5.11 Å². The summed E-state index contributed by atoms with van der Waals surface area (Å²) >= 11 is 1.59. The molecule has 0 aromatic heterocycles. The summed E-state index contributed by atoms with van der Waals surface area (Å²) in [6.07, 6.45) is 4.69. The molecule has 3 rings (SSSR count). The zero-order valence-corrected chi connectivity index (χ0v) is 19.9. The summed E-state index contributed by atoms with van der Waals surface area (Å²) in [7, 11) is 0. The zero-order chi connectivity index (χ0) is 22.1. The first-order valence-electron chi connectivity index (χ1n) is 10.8. The average Bonchev–Trinajstić information content (AvgIpc) is 2.70. The van der Waals surface area contributed by atoms with E-state index >= 15 is 0 Å². The highest BCUT2D eigenvalue weighted by Gasteiger charge is 2.36. The third-order valence-corrected chi connectivity index (χ3v) is 7.77. The highest BCUT2D eigenvalue weighted by atomic mass is 32.2. The monoisotopic (exact) mass is 422 g/mol. The Morgan fingerprint density at radius 2 is 1.63 bits per heavy atom. The van der Waals surface area contributed by atoms with Crippen LogP contribution in [0.5, 0.6) is 0 Å². The van der Waals surface area contributed by atoms with Gasteiger partial charge in [-0.05, 0) is 70.6 Å². The number of allylic oxidation sites excluding steroid dienone is 1. The van der Waals surface area contributed by atoms with Gasteiger partial charge >= 0.3 is 5.97 Å². The molecule has 0 aliphatic heterocycles. The first kappa shape index (κ1) is 22.7. The van der Waals surface area contributed by atoms with Crippen LogP contribution in [0, 0.1) is 5.92 Å². The molecule has 0 fully saturated rings. The van der Waals surface area contributed by atoms with Crippen molar-refractivity contribution in [2.24, 2.45) is 5.92 Å². The molecule has 3 heteroatoms. The first-order valence-corrected chi connectivity index (χ1v) is 11.8. The van der Waals surface area contributed by atoms with E-state index in [0.717, 1.165) is 4.90 Å². The van der Waals surface area contributed by atoms with Crippen LogP contribution in [0.15, 0.2) is 47.4 Å². The van der Waals surface area contributed by atoms with Gasteiger partial charge in [0, 0.05) is 10.6 Å². The van der Waals surface area contributed by atoms with Gasteiger partial charge in [-0.3, -0.25) is 4.79 Å². The van der Waals surface area contributed by atoms with Gasteiger partial charge in [0.1, 0.15) is 0 Å². The predicted molar refractivity (Wildman–Crippen MR) is 129 cm³/mol. The maximum Gasteiger partial charge on any atom is 0.307 e. The number of rotatable bonds is 6. The topological polar surface area (TPSA) is 37.3 Å². The smallest absolute Gasteiger partial charge is 0.307 e. The van der Waals surface area contributed by atoms with Gasteiger partial charge in [0.25, 0.3) is 0 Å². The summed E-state index contributed by atoms with van der Waals surface area (Å²) in [4.78, 5) is 12.1. The highest BCUT2D eigenvalue weighted by molar-refractivity contribution is 7.99. The zero-order valence-electron chi connectivity index (χ0n) is 19.1. The maximum absolute atomic E-state index is 11.0. The molecule has 0 saturated carbocycles. The lowest BCUT2D eigenvalue weighted by Gasteiger charge is -2.42. The lowest BCUT2D eigenvalue weighted by molar-refractivity contribution is -0.140. The molecule has 1 aliphatic rings. The van der Waals surface area contributed by atoms with E-state index in [1.54, 1.807) is 18.7 Å². The molecular weight excluding hydrogens is 388 g/mol. The van der Waals surface area contributed by atoms with Crippen molar-refractivity contribution in [3.63, 3.8) is 0 Å². The van der Waals surface area contributed by atoms with Crippen LogP contribution < -0.4 is 0 Å². The van der Waals surface area contributed by atoms with Crippen LogP contribution in [0.1, 0.15) is 76.6 Å². The van der Waals surface area contributed by atoms with Crippen molar-refractivity contribution in [2.75, 3.05) is 5.75 Å². The number of aliphatic carboxylic acids is 1. The Bertz CT molecular complexity index is 951. The number of carboxylic acids is 1. The number of benzene rings is 2. The van der Waals surface area contributed by atoms with E-state index in [9.17, 15) is 4.79 Å². The molecule has 0 radical (unpaired) electrons. The SMILES string of the molecule is CC(=Cc1ccc(SCC(C)C(=O)O)cc1)c1ccc2c(c1)C(C)(C)CCC2(C)C. The number of thioether (sulfide) groups is 1. The average molecular weight is 423 g/mol. The van der Waals surface area contributed by atoms with Crippen LogP contribution in [0.3, 0.4) is 0 Å². The molecule has 1 N–H and O–H groups in total. The minimum atomic E-state index is -0.741. The molecule has 1 aliphatic carbocycles. The minimum Gasteiger partial charge on any atom is -0.481 e. The van der Waals surface area contributed by atoms with E-state index in [4.69, 9.17) is 5.11 Å². The van der Waals surface area contributed by atoms with Crippen LogP contribution in [-0.2, 0) is 15.6 Å². The first-order chi connectivity index (χ1) is 14.0. The molecule has 0 heterocycles. The summed E-state index contributed by atoms with van der Waals surface area (Å²) in [6.45, 7) is 13.4. The summed E-state index contributed by atoms with van der Waals surface area (Å²) < 4.78 is 0. The van der Waals surface area contributed by atoms with Crippen LogP contribution in [0.4, 0.5) is 0 Å². The highest BCUT2D eigenvalue weighted by Crippen LogP contribution is 2.46. The molecule has 1 unspecified atom stereocenters. The lowest BCUT2D eigenvalue weighted by atomic mass is 9.63. The van der Waals surface area contributed by atoms with E-state index in [-0.39, 0.29) is 16.7 Å². The van der Waals surface area contributed by atoms with Crippen LogP contribution in [-0.4, -0.2) is 16.8 Å². The molecule has 0 spiro atoms. The Labute approximate surface area is 185 Å². The number of hydrogen-bond acceptors (Lipinski definition) is 2. The van der Waals surface area contributed by atoms with Crippen molar-refractivity contribution in [3.05, 3.63) is 64.7 Å². The molecule has 0 bridgehead atoms. The van der Waals surface area contributed by atoms with Crippen LogP contribution >= 0.6 is 11.8 Å². The summed E-state index contributed by atoms with van der Waals surface area (Å²) in [5, 5.41) is 9.03. The van der Waals surface area contributed by atoms with Gasteiger partial charge in [-0.25, -0.2) is 0 Å². The molecular formula is C27H34O2S. The maximum atomic E-state index is 11.0. The fourth-order valence-corrected chi connectivity index (χ4v) is 5.03. The van der Waals surface area contributed by atoms with Gasteiger partial charge in [-0.2, -0.15) is 0 Å². The minimum absolute atomic E-state index is 0.215. The van der Waals surface area contributed by atoms with Gasteiger partial charge in [0.15, 0.2) is 0 Å². The molecule has 30 heavy (non-hydrogen) atoms. The van der Waals surface area contributed by atoms with Crippen LogP contribution in [0.25, 0.3) is 11.6 Å². The Balaban J connectivity index is 1.80. The Kier molecular flexibility index (Phi) is 6.52. The van der Waals surface area contributed by atoms with E-state index in [0.29, 0.717) is 5.75 Å². The molecule has 1 atom stereocenters. The quantitative estimate of drug-likeness (QED) is 0.389. The standard InChI is InChI=1S/C27H34O2S/c1-18(15-20-7-10-22(11-8-20)30-17-19(2)25(28)29)21-9-12-23-24(16-21)27(5,6)14-13-26(23,3)4/h7-12,15-16,19H,13-14,17H2,1-6H3,(H,28,29). The normalized spacial score (nSPS) is 18.5. The van der Waals surface area contributed by atoms with Gasteiger partial charge in [0.05, 0.1) is 5.92 Å². The Morgan fingerprint density at radius 1 is 1.03 bits per heavy atom. The summed E-state index contributed by atoms with van der Waals surface area (Å²) in [5.74, 6) is -0.491. The van der Waals surface area contributed by atoms with Gasteiger partial charge in [0.2, 0.25) is 0 Å². The third kappa shape index (κ3) is 5.00. The number of carbonyl (C=O) groups is 1. The predicted octanol–water partition coefficient (Wildman–Crippen LogP) is 7.41. The molecule has 2 aromatic carbocycles. The Morgan fingerprint density at radius 3 is 2.23 bits per heavy atom. The fourth-order valence-electron chi connectivity index (χ4n) is 4.12. The Hall–Kier alpha value is -2.00. The van der Waals surface area contributed by atoms with Crippen molar-refractivity contribution in [2.45, 2.75) is 70.1 Å². The molecule has 2 nitrogen and oxygen atoms in total. The molecule has 0 saturated heterocycles. The molecule has 0 amide bonds. The third-order valence-electron chi connectivity index (χ3n) is 6.49. The van der Waals surface area contributed by atoms with Crippen molar-refractivity contribution >= 4 is 29.4 Å². The van der Waals surface area contributed by atoms with E-state index in [2.05, 4.69) is 83.2 Å². The van der Waals surface area contributed by atoms with E-state index in [1.165, 1.54) is 40.7 Å². The lowest BCUT2D eigenvalue weighted by Crippen LogP contribution is -2.33. The van der Waals surface area contributed by atoms with Gasteiger partial charge in [-0.1, -0.05) is 71.0 Å². The molecule has 160 valence electrons. The van der Waals surface area contributed by atoms with E-state index in [1.807, 2.05) is 0 Å². The van der Waals surface area contributed by atoms with Crippen molar-refractivity contribution in [1.82, 2.24) is 0 Å². The second kappa shape index (κ2) is 8.63. The van der Waals surface area contributed by atoms with E-state index < -0.39 is 5.97 Å². The summed E-state index contributed by atoms with van der Waals surface area (Å²) in [5.41, 5.74) is 7.15. The second-order valence-corrected chi connectivity index (χ2v) is 11.1. The molecule has 2 aromatic rings. The largest absolute Gasteiger partial charge is 0.481 e. The number of carboxylic acid groups (broad SMARTS) is 1. The van der Waals surface area contributed by atoms with Crippen LogP contribution in [0.2, 0.25) is 0 Å². The van der Waals surface area contributed by atoms with Crippen molar-refractivity contribution < 1.29 is 9.90 Å². The van der Waals surface area contributed by atoms with Crippen molar-refractivity contribution in [1.29, 1.82) is 0 Å². The van der Waals surface area contributed by atoms with Crippen molar-refractivity contribution in [3.8, 4) is 0 Å². The number of hydrogen-bond donors (Lipinski definition) is 1. The fraction of sp³-hybridized carbons (Fsp3) is 0.444. The van der Waals surface area contributed by atoms with Gasteiger partial charge in [-0.15, -0.1) is 11.8 Å². The summed E-state index contributed by atoms with van der Waals surface area (Å²) in [6, 6.07) is 15.4. The number of fused-ring (bicyclic) bond motifs is 1. The second-order valence-electron chi connectivity index (χ2n) is 9.97.